The first kappa shape index (κ1) is 28.8. The monoisotopic (exact) mass is 567 g/mol. The zero-order valence-electron chi connectivity index (χ0n) is 23.4. The lowest BCUT2D eigenvalue weighted by Gasteiger charge is -2.33. The lowest BCUT2D eigenvalue weighted by Crippen LogP contribution is -2.44. The molecule has 0 radical (unpaired) electrons. The van der Waals surface area contributed by atoms with Crippen molar-refractivity contribution in [2.45, 2.75) is 52.0 Å². The van der Waals surface area contributed by atoms with Gasteiger partial charge in [0.1, 0.15) is 25.0 Å². The zero-order chi connectivity index (χ0) is 29.5. The van der Waals surface area contributed by atoms with Crippen LogP contribution in [0.15, 0.2) is 85.2 Å². The fraction of sp³-hybridized carbons (Fsp3) is 0.273. The van der Waals surface area contributed by atoms with Crippen LogP contribution in [-0.2, 0) is 24.6 Å². The Balaban J connectivity index is 1.46. The Labute approximate surface area is 244 Å². The van der Waals surface area contributed by atoms with Crippen LogP contribution in [0.4, 0.5) is 5.69 Å². The van der Waals surface area contributed by atoms with Gasteiger partial charge in [-0.1, -0.05) is 61.0 Å². The number of rotatable bonds is 11. The molecule has 1 fully saturated rings. The number of aromatic nitrogens is 1. The molecule has 0 bridgehead atoms. The molecule has 216 valence electrons. The molecular weight excluding hydrogens is 534 g/mol. The van der Waals surface area contributed by atoms with Crippen LogP contribution < -0.4 is 9.47 Å². The van der Waals surface area contributed by atoms with Crippen LogP contribution in [0, 0.1) is 17.0 Å². The molecular formula is C33H33N3O6. The van der Waals surface area contributed by atoms with Crippen molar-refractivity contribution in [3.05, 3.63) is 118 Å². The highest BCUT2D eigenvalue weighted by Crippen LogP contribution is 2.37. The third-order valence-electron chi connectivity index (χ3n) is 7.64. The molecule has 0 spiro atoms. The van der Waals surface area contributed by atoms with Gasteiger partial charge < -0.3 is 14.6 Å². The average molecular weight is 568 g/mol. The van der Waals surface area contributed by atoms with Crippen molar-refractivity contribution >= 4 is 11.7 Å². The SMILES string of the molecule is Cc1c(COc2cc(OCc3cccnc3)c(CN3CCCC[C@H]3C(=O)O)cc2[N+](=O)[O-])cccc1-c1ccccc1. The summed E-state index contributed by atoms with van der Waals surface area (Å²) in [6.07, 6.45) is 5.59. The third kappa shape index (κ3) is 6.75. The first-order valence-corrected chi connectivity index (χ1v) is 14.0. The van der Waals surface area contributed by atoms with Gasteiger partial charge in [0.25, 0.3) is 0 Å². The molecule has 0 unspecified atom stereocenters. The Bertz CT molecular complexity index is 1540. The highest BCUT2D eigenvalue weighted by Gasteiger charge is 2.30. The average Bonchev–Trinajstić information content (AvgIpc) is 3.01. The minimum absolute atomic E-state index is 0.0860. The maximum atomic E-state index is 12.2. The number of carboxylic acid groups (broad SMARTS) is 1. The van der Waals surface area contributed by atoms with E-state index >= 15 is 0 Å². The number of hydrogen-bond acceptors (Lipinski definition) is 7. The van der Waals surface area contributed by atoms with Crippen LogP contribution in [0.5, 0.6) is 11.5 Å². The van der Waals surface area contributed by atoms with E-state index in [0.717, 1.165) is 40.7 Å². The number of likely N-dealkylation sites (tertiary alicyclic amines) is 1. The Kier molecular flexibility index (Phi) is 9.08. The fourth-order valence-electron chi connectivity index (χ4n) is 5.36. The van der Waals surface area contributed by atoms with Crippen LogP contribution in [-0.4, -0.2) is 38.5 Å². The van der Waals surface area contributed by atoms with E-state index in [1.807, 2.05) is 66.4 Å². The molecule has 2 heterocycles. The molecule has 1 aliphatic heterocycles. The summed E-state index contributed by atoms with van der Waals surface area (Å²) in [5, 5.41) is 22.0. The summed E-state index contributed by atoms with van der Waals surface area (Å²) in [5.41, 5.74) is 5.25. The van der Waals surface area contributed by atoms with Gasteiger partial charge in [-0.2, -0.15) is 0 Å². The Morgan fingerprint density at radius 3 is 2.55 bits per heavy atom. The molecule has 5 rings (SSSR count). The van der Waals surface area contributed by atoms with Crippen molar-refractivity contribution in [2.75, 3.05) is 6.54 Å². The molecule has 0 saturated carbocycles. The van der Waals surface area contributed by atoms with Crippen LogP contribution >= 0.6 is 0 Å². The van der Waals surface area contributed by atoms with Crippen molar-refractivity contribution in [3.8, 4) is 22.6 Å². The van der Waals surface area contributed by atoms with E-state index in [-0.39, 0.29) is 31.2 Å². The van der Waals surface area contributed by atoms with Crippen molar-refractivity contribution in [3.63, 3.8) is 0 Å². The van der Waals surface area contributed by atoms with Gasteiger partial charge in [0.2, 0.25) is 5.75 Å². The van der Waals surface area contributed by atoms with E-state index in [2.05, 4.69) is 4.98 Å². The lowest BCUT2D eigenvalue weighted by atomic mass is 9.97. The van der Waals surface area contributed by atoms with E-state index in [1.165, 1.54) is 6.07 Å². The number of benzene rings is 3. The van der Waals surface area contributed by atoms with Crippen molar-refractivity contribution < 1.29 is 24.3 Å². The van der Waals surface area contributed by atoms with Crippen molar-refractivity contribution in [1.82, 2.24) is 9.88 Å². The molecule has 0 aliphatic carbocycles. The van der Waals surface area contributed by atoms with Gasteiger partial charge in [0.15, 0.2) is 0 Å². The maximum Gasteiger partial charge on any atom is 0.320 e. The number of carbonyl (C=O) groups is 1. The Morgan fingerprint density at radius 2 is 1.81 bits per heavy atom. The summed E-state index contributed by atoms with van der Waals surface area (Å²) in [6, 6.07) is 22.0. The number of carboxylic acids is 1. The zero-order valence-corrected chi connectivity index (χ0v) is 23.4. The Morgan fingerprint density at radius 1 is 1.00 bits per heavy atom. The largest absolute Gasteiger partial charge is 0.488 e. The molecule has 9 nitrogen and oxygen atoms in total. The highest BCUT2D eigenvalue weighted by atomic mass is 16.6. The number of pyridine rings is 1. The number of nitro groups is 1. The smallest absolute Gasteiger partial charge is 0.320 e. The first-order valence-electron chi connectivity index (χ1n) is 14.0. The standard InChI is InChI=1S/C33H33N3O6/c1-23-26(12-7-13-28(23)25-10-3-2-4-11-25)22-42-32-18-31(41-21-24-9-8-15-34-19-24)27(17-30(32)36(39)40)20-35-16-6-5-14-29(35)33(37)38/h2-4,7-13,15,17-19,29H,5-6,14,16,20-22H2,1H3,(H,37,38)/t29-/m0/s1. The van der Waals surface area contributed by atoms with E-state index in [4.69, 9.17) is 9.47 Å². The van der Waals surface area contributed by atoms with Gasteiger partial charge in [-0.25, -0.2) is 0 Å². The highest BCUT2D eigenvalue weighted by molar-refractivity contribution is 5.73. The predicted molar refractivity (Wildman–Crippen MR) is 158 cm³/mol. The van der Waals surface area contributed by atoms with Crippen LogP contribution in [0.2, 0.25) is 0 Å². The third-order valence-corrected chi connectivity index (χ3v) is 7.64. The van der Waals surface area contributed by atoms with Gasteiger partial charge >= 0.3 is 11.7 Å². The molecule has 9 heteroatoms. The maximum absolute atomic E-state index is 12.2. The normalized spacial score (nSPS) is 15.2. The van der Waals surface area contributed by atoms with E-state index in [1.54, 1.807) is 24.5 Å². The second-order valence-corrected chi connectivity index (χ2v) is 10.4. The number of nitro benzene ring substituents is 1. The van der Waals surface area contributed by atoms with E-state index < -0.39 is 16.9 Å². The minimum Gasteiger partial charge on any atom is -0.488 e. The summed E-state index contributed by atoms with van der Waals surface area (Å²) >= 11 is 0. The van der Waals surface area contributed by atoms with Crippen LogP contribution in [0.25, 0.3) is 11.1 Å². The number of aliphatic carboxylic acids is 1. The number of ether oxygens (including phenoxy) is 2. The Hall–Kier alpha value is -4.76. The molecule has 4 aromatic rings. The molecule has 0 amide bonds. The predicted octanol–water partition coefficient (Wildman–Crippen LogP) is 6.56. The minimum atomic E-state index is -0.893. The molecule has 1 atom stereocenters. The summed E-state index contributed by atoms with van der Waals surface area (Å²) in [7, 11) is 0. The van der Waals surface area contributed by atoms with Crippen LogP contribution in [0.1, 0.15) is 41.5 Å². The summed E-state index contributed by atoms with van der Waals surface area (Å²) < 4.78 is 12.3. The molecule has 1 N–H and O–H groups in total. The fourth-order valence-corrected chi connectivity index (χ4v) is 5.36. The molecule has 42 heavy (non-hydrogen) atoms. The van der Waals surface area contributed by atoms with Gasteiger partial charge in [-0.05, 0) is 54.6 Å². The summed E-state index contributed by atoms with van der Waals surface area (Å²) in [6.45, 7) is 3.12. The summed E-state index contributed by atoms with van der Waals surface area (Å²) in [4.78, 5) is 29.7. The summed E-state index contributed by atoms with van der Waals surface area (Å²) in [5.74, 6) is -0.401. The quantitative estimate of drug-likeness (QED) is 0.160. The molecule has 1 aliphatic rings. The lowest BCUT2D eigenvalue weighted by molar-refractivity contribution is -0.386. The van der Waals surface area contributed by atoms with Crippen LogP contribution in [0.3, 0.4) is 0 Å². The van der Waals surface area contributed by atoms with E-state index in [0.29, 0.717) is 24.3 Å². The van der Waals surface area contributed by atoms with Gasteiger partial charge in [-0.15, -0.1) is 0 Å². The van der Waals surface area contributed by atoms with Gasteiger partial charge in [-0.3, -0.25) is 24.8 Å². The van der Waals surface area contributed by atoms with Gasteiger partial charge in [0.05, 0.1) is 4.92 Å². The topological polar surface area (TPSA) is 115 Å². The molecule has 3 aromatic carbocycles. The molecule has 1 saturated heterocycles. The number of hydrogen-bond donors (Lipinski definition) is 1. The number of piperidine rings is 1. The number of nitrogens with zero attached hydrogens (tertiary/aromatic N) is 3. The van der Waals surface area contributed by atoms with E-state index in [9.17, 15) is 20.0 Å². The van der Waals surface area contributed by atoms with Crippen molar-refractivity contribution in [2.24, 2.45) is 0 Å². The van der Waals surface area contributed by atoms with Gasteiger partial charge in [0, 0.05) is 42.2 Å². The second-order valence-electron chi connectivity index (χ2n) is 10.4. The first-order chi connectivity index (χ1) is 20.4. The second kappa shape index (κ2) is 13.3. The molecule has 1 aromatic heterocycles. The van der Waals surface area contributed by atoms with Crippen molar-refractivity contribution in [1.29, 1.82) is 0 Å².